The maximum atomic E-state index is 12.9. The summed E-state index contributed by atoms with van der Waals surface area (Å²) in [6.45, 7) is 0.637. The molecule has 5 nitrogen and oxygen atoms in total. The van der Waals surface area contributed by atoms with Crippen LogP contribution in [0.1, 0.15) is 18.4 Å². The van der Waals surface area contributed by atoms with Gasteiger partial charge in [0, 0.05) is 25.2 Å². The van der Waals surface area contributed by atoms with E-state index in [-0.39, 0.29) is 23.8 Å². The lowest BCUT2D eigenvalue weighted by Gasteiger charge is -2.29. The van der Waals surface area contributed by atoms with Crippen LogP contribution in [-0.2, 0) is 21.2 Å². The van der Waals surface area contributed by atoms with Crippen LogP contribution >= 0.6 is 0 Å². The summed E-state index contributed by atoms with van der Waals surface area (Å²) in [4.78, 5) is 14.2. The van der Waals surface area contributed by atoms with Gasteiger partial charge in [-0.15, -0.1) is 0 Å². The van der Waals surface area contributed by atoms with Crippen LogP contribution in [0.25, 0.3) is 0 Å². The van der Waals surface area contributed by atoms with Gasteiger partial charge >= 0.3 is 0 Å². The molecule has 0 aliphatic carbocycles. The molecule has 3 rings (SSSR count). The zero-order chi connectivity index (χ0) is 17.9. The minimum atomic E-state index is -3.75. The lowest BCUT2D eigenvalue weighted by Crippen LogP contribution is -2.37. The predicted molar refractivity (Wildman–Crippen MR) is 93.3 cm³/mol. The van der Waals surface area contributed by atoms with E-state index < -0.39 is 15.8 Å². The van der Waals surface area contributed by atoms with Crippen molar-refractivity contribution < 1.29 is 17.6 Å². The molecular weight excluding hydrogens is 343 g/mol. The van der Waals surface area contributed by atoms with Gasteiger partial charge in [0.05, 0.1) is 4.90 Å². The quantitative estimate of drug-likeness (QED) is 0.889. The van der Waals surface area contributed by atoms with Crippen LogP contribution in [0, 0.1) is 5.82 Å². The van der Waals surface area contributed by atoms with Crippen molar-refractivity contribution in [3.05, 3.63) is 59.9 Å². The Balaban J connectivity index is 1.61. The number of halogens is 1. The number of benzene rings is 2. The van der Waals surface area contributed by atoms with Gasteiger partial charge in [-0.1, -0.05) is 18.2 Å². The van der Waals surface area contributed by atoms with E-state index >= 15 is 0 Å². The highest BCUT2D eigenvalue weighted by molar-refractivity contribution is 7.89. The Labute approximate surface area is 146 Å². The molecule has 0 bridgehead atoms. The third kappa shape index (κ3) is 4.05. The van der Waals surface area contributed by atoms with Gasteiger partial charge in [-0.3, -0.25) is 4.79 Å². The van der Waals surface area contributed by atoms with Crippen molar-refractivity contribution in [2.45, 2.75) is 24.2 Å². The molecule has 0 spiro atoms. The van der Waals surface area contributed by atoms with Gasteiger partial charge < -0.3 is 4.90 Å². The Kier molecular flexibility index (Phi) is 5.15. The minimum absolute atomic E-state index is 0.00277. The molecule has 2 aromatic rings. The fraction of sp³-hybridized carbons (Fsp3) is 0.278. The highest BCUT2D eigenvalue weighted by atomic mass is 32.2. The van der Waals surface area contributed by atoms with Gasteiger partial charge in [-0.2, -0.15) is 0 Å². The third-order valence-corrected chi connectivity index (χ3v) is 5.64. The summed E-state index contributed by atoms with van der Waals surface area (Å²) in [6.07, 6.45) is 1.90. The Bertz CT molecular complexity index is 866. The van der Waals surface area contributed by atoms with E-state index in [0.29, 0.717) is 6.54 Å². The maximum absolute atomic E-state index is 12.9. The highest BCUT2D eigenvalue weighted by Gasteiger charge is 2.22. The third-order valence-electron chi connectivity index (χ3n) is 4.17. The Morgan fingerprint density at radius 3 is 2.60 bits per heavy atom. The highest BCUT2D eigenvalue weighted by Crippen LogP contribution is 2.27. The van der Waals surface area contributed by atoms with Crippen LogP contribution in [0.3, 0.4) is 0 Å². The first-order chi connectivity index (χ1) is 12.0. The number of anilines is 1. The number of para-hydroxylation sites is 1. The van der Waals surface area contributed by atoms with Gasteiger partial charge in [0.25, 0.3) is 0 Å². The number of fused-ring (bicyclic) bond motifs is 1. The SMILES string of the molecule is O=C(CCNS(=O)(=O)c1ccc(F)cc1)N1CCCc2ccccc21. The average molecular weight is 362 g/mol. The summed E-state index contributed by atoms with van der Waals surface area (Å²) in [5.74, 6) is -0.619. The number of nitrogens with zero attached hydrogens (tertiary/aromatic N) is 1. The normalized spacial score (nSPS) is 14.2. The molecule has 1 aliphatic heterocycles. The van der Waals surface area contributed by atoms with Crippen LogP contribution in [-0.4, -0.2) is 27.4 Å². The van der Waals surface area contributed by atoms with E-state index in [4.69, 9.17) is 0 Å². The number of nitrogens with one attached hydrogen (secondary N) is 1. The number of hydrogen-bond acceptors (Lipinski definition) is 3. The number of carbonyl (C=O) groups excluding carboxylic acids is 1. The fourth-order valence-corrected chi connectivity index (χ4v) is 3.95. The monoisotopic (exact) mass is 362 g/mol. The smallest absolute Gasteiger partial charge is 0.240 e. The van der Waals surface area contributed by atoms with Gasteiger partial charge in [0.1, 0.15) is 5.82 Å². The molecule has 25 heavy (non-hydrogen) atoms. The van der Waals surface area contributed by atoms with Crippen LogP contribution < -0.4 is 9.62 Å². The van der Waals surface area contributed by atoms with Crippen molar-refractivity contribution >= 4 is 21.6 Å². The Morgan fingerprint density at radius 2 is 1.84 bits per heavy atom. The van der Waals surface area contributed by atoms with Crippen molar-refractivity contribution in [1.29, 1.82) is 0 Å². The van der Waals surface area contributed by atoms with E-state index in [1.54, 1.807) is 4.90 Å². The second kappa shape index (κ2) is 7.33. The number of sulfonamides is 1. The lowest BCUT2D eigenvalue weighted by molar-refractivity contribution is -0.118. The number of rotatable bonds is 5. The first-order valence-corrected chi connectivity index (χ1v) is 9.59. The molecular formula is C18H19FN2O3S. The van der Waals surface area contributed by atoms with Crippen molar-refractivity contribution in [2.75, 3.05) is 18.0 Å². The molecule has 0 saturated carbocycles. The van der Waals surface area contributed by atoms with E-state index in [1.165, 1.54) is 12.1 Å². The summed E-state index contributed by atoms with van der Waals surface area (Å²) in [5, 5.41) is 0. The molecule has 0 fully saturated rings. The van der Waals surface area contributed by atoms with Crippen LogP contribution in [0.2, 0.25) is 0 Å². The number of amides is 1. The fourth-order valence-electron chi connectivity index (χ4n) is 2.92. The summed E-state index contributed by atoms with van der Waals surface area (Å²) >= 11 is 0. The summed E-state index contributed by atoms with van der Waals surface area (Å²) in [7, 11) is -3.75. The minimum Gasteiger partial charge on any atom is -0.312 e. The van der Waals surface area contributed by atoms with E-state index in [2.05, 4.69) is 4.72 Å². The van der Waals surface area contributed by atoms with Gasteiger partial charge in [0.2, 0.25) is 15.9 Å². The Hall–Kier alpha value is -2.25. The molecule has 1 aliphatic rings. The molecule has 132 valence electrons. The molecule has 1 heterocycles. The summed E-state index contributed by atoms with van der Waals surface area (Å²) in [5.41, 5.74) is 2.04. The predicted octanol–water partition coefficient (Wildman–Crippen LogP) is 2.47. The van der Waals surface area contributed by atoms with Crippen molar-refractivity contribution in [3.63, 3.8) is 0 Å². The molecule has 1 amide bonds. The standard InChI is InChI=1S/C18H19FN2O3S/c19-15-7-9-16(10-8-15)25(23,24)20-12-11-18(22)21-13-3-5-14-4-1-2-6-17(14)21/h1-2,4,6-10,20H,3,5,11-13H2. The molecule has 1 N–H and O–H groups in total. The van der Waals surface area contributed by atoms with Crippen molar-refractivity contribution in [2.24, 2.45) is 0 Å². The molecule has 0 saturated heterocycles. The van der Waals surface area contributed by atoms with Gasteiger partial charge in [-0.25, -0.2) is 17.5 Å². The zero-order valence-electron chi connectivity index (χ0n) is 13.6. The van der Waals surface area contributed by atoms with Gasteiger partial charge in [-0.05, 0) is 48.7 Å². The summed E-state index contributed by atoms with van der Waals surface area (Å²) in [6, 6.07) is 12.3. The second-order valence-corrected chi connectivity index (χ2v) is 7.65. The molecule has 0 unspecified atom stereocenters. The lowest BCUT2D eigenvalue weighted by atomic mass is 10.0. The van der Waals surface area contributed by atoms with Crippen molar-refractivity contribution in [3.8, 4) is 0 Å². The topological polar surface area (TPSA) is 66.5 Å². The largest absolute Gasteiger partial charge is 0.312 e. The first-order valence-electron chi connectivity index (χ1n) is 8.11. The molecule has 7 heteroatoms. The van der Waals surface area contributed by atoms with Gasteiger partial charge in [0.15, 0.2) is 0 Å². The molecule has 0 radical (unpaired) electrons. The molecule has 0 aromatic heterocycles. The molecule has 0 atom stereocenters. The maximum Gasteiger partial charge on any atom is 0.240 e. The van der Waals surface area contributed by atoms with E-state index in [9.17, 15) is 17.6 Å². The summed E-state index contributed by atoms with van der Waals surface area (Å²) < 4.78 is 39.6. The van der Waals surface area contributed by atoms with E-state index in [0.717, 1.165) is 36.2 Å². The van der Waals surface area contributed by atoms with Crippen LogP contribution in [0.5, 0.6) is 0 Å². The average Bonchev–Trinajstić information content (AvgIpc) is 2.61. The van der Waals surface area contributed by atoms with Crippen molar-refractivity contribution in [1.82, 2.24) is 4.72 Å². The Morgan fingerprint density at radius 1 is 1.12 bits per heavy atom. The van der Waals surface area contributed by atoms with E-state index in [1.807, 2.05) is 24.3 Å². The number of aryl methyl sites for hydroxylation is 1. The number of hydrogen-bond donors (Lipinski definition) is 1. The number of carbonyl (C=O) groups is 1. The first kappa shape index (κ1) is 17.6. The second-order valence-electron chi connectivity index (χ2n) is 5.88. The van der Waals surface area contributed by atoms with Crippen LogP contribution in [0.4, 0.5) is 10.1 Å². The molecule has 2 aromatic carbocycles. The zero-order valence-corrected chi connectivity index (χ0v) is 14.4. The van der Waals surface area contributed by atoms with Crippen LogP contribution in [0.15, 0.2) is 53.4 Å².